The van der Waals surface area contributed by atoms with E-state index in [0.29, 0.717) is 29.5 Å². The lowest BCUT2D eigenvalue weighted by molar-refractivity contribution is 0.143. The summed E-state index contributed by atoms with van der Waals surface area (Å²) in [5.74, 6) is 0. The van der Waals surface area contributed by atoms with Crippen LogP contribution in [0.4, 0.5) is 16.2 Å². The van der Waals surface area contributed by atoms with Crippen LogP contribution in [0.1, 0.15) is 6.92 Å². The SMILES string of the molecule is CC(=S)NC[C@H]1CN(c2cncc(Sc3ccc(N)cn3)c2)C(=O)O1. The van der Waals surface area contributed by atoms with Crippen LogP contribution in [0.15, 0.2) is 46.7 Å². The third-order valence-corrected chi connectivity index (χ3v) is 4.50. The second-order valence-electron chi connectivity index (χ2n) is 5.46. The minimum atomic E-state index is -0.386. The van der Waals surface area contributed by atoms with Gasteiger partial charge in [-0.15, -0.1) is 0 Å². The summed E-state index contributed by atoms with van der Waals surface area (Å²) >= 11 is 6.43. The summed E-state index contributed by atoms with van der Waals surface area (Å²) in [5.41, 5.74) is 6.94. The molecule has 2 aromatic heterocycles. The third-order valence-electron chi connectivity index (χ3n) is 3.44. The Morgan fingerprint density at radius 3 is 3.04 bits per heavy atom. The number of ether oxygens (including phenoxy) is 1. The largest absolute Gasteiger partial charge is 0.442 e. The molecule has 0 spiro atoms. The molecule has 0 saturated carbocycles. The zero-order valence-corrected chi connectivity index (χ0v) is 15.1. The molecule has 0 bridgehead atoms. The fourth-order valence-corrected chi connectivity index (χ4v) is 3.14. The molecule has 1 fully saturated rings. The van der Waals surface area contributed by atoms with Crippen molar-refractivity contribution in [1.29, 1.82) is 0 Å². The van der Waals surface area contributed by atoms with Crippen molar-refractivity contribution in [2.45, 2.75) is 22.9 Å². The molecular weight excluding hydrogens is 358 g/mol. The van der Waals surface area contributed by atoms with E-state index in [1.54, 1.807) is 36.5 Å². The summed E-state index contributed by atoms with van der Waals surface area (Å²) in [6.07, 6.45) is 4.33. The van der Waals surface area contributed by atoms with Gasteiger partial charge in [0.05, 0.1) is 41.8 Å². The molecule has 2 aromatic rings. The molecule has 1 aliphatic rings. The standard InChI is InChI=1S/C16H17N5O2S2/c1-10(24)19-7-13-9-21(16(22)23-13)12-4-14(8-18-6-12)25-15-3-2-11(17)5-20-15/h2-6,8,13H,7,9,17H2,1H3,(H,19,24)/t13-/m0/s1. The molecule has 9 heteroatoms. The molecule has 0 aliphatic carbocycles. The van der Waals surface area contributed by atoms with Crippen molar-refractivity contribution < 1.29 is 9.53 Å². The first-order valence-corrected chi connectivity index (χ1v) is 8.81. The molecule has 7 nitrogen and oxygen atoms in total. The Bertz CT molecular complexity index is 784. The number of nitrogens with one attached hydrogen (secondary N) is 1. The van der Waals surface area contributed by atoms with Crippen LogP contribution in [-0.2, 0) is 4.74 Å². The van der Waals surface area contributed by atoms with E-state index < -0.39 is 0 Å². The highest BCUT2D eigenvalue weighted by atomic mass is 32.2. The monoisotopic (exact) mass is 375 g/mol. The van der Waals surface area contributed by atoms with Gasteiger partial charge in [0, 0.05) is 11.1 Å². The molecule has 1 amide bonds. The van der Waals surface area contributed by atoms with Crippen LogP contribution in [0.5, 0.6) is 0 Å². The Kier molecular flexibility index (Phi) is 5.34. The lowest BCUT2D eigenvalue weighted by Crippen LogP contribution is -2.32. The number of cyclic esters (lactones) is 1. The predicted molar refractivity (Wildman–Crippen MR) is 101 cm³/mol. The van der Waals surface area contributed by atoms with Crippen molar-refractivity contribution in [3.63, 3.8) is 0 Å². The number of nitrogens with two attached hydrogens (primary N) is 1. The molecule has 1 atom stereocenters. The molecule has 0 unspecified atom stereocenters. The Morgan fingerprint density at radius 1 is 1.48 bits per heavy atom. The third kappa shape index (κ3) is 4.58. The summed E-state index contributed by atoms with van der Waals surface area (Å²) in [6.45, 7) is 2.74. The number of anilines is 2. The van der Waals surface area contributed by atoms with Crippen LogP contribution in [0.25, 0.3) is 0 Å². The zero-order chi connectivity index (χ0) is 17.8. The maximum absolute atomic E-state index is 12.1. The molecule has 3 heterocycles. The highest BCUT2D eigenvalue weighted by Crippen LogP contribution is 2.30. The number of nitrogen functional groups attached to an aromatic ring is 1. The minimum absolute atomic E-state index is 0.250. The van der Waals surface area contributed by atoms with Crippen molar-refractivity contribution >= 4 is 46.4 Å². The highest BCUT2D eigenvalue weighted by molar-refractivity contribution is 7.99. The van der Waals surface area contributed by atoms with Crippen molar-refractivity contribution in [2.24, 2.45) is 0 Å². The second-order valence-corrected chi connectivity index (χ2v) is 7.17. The number of amides is 1. The first-order valence-electron chi connectivity index (χ1n) is 7.58. The molecular formula is C16H17N5O2S2. The maximum Gasteiger partial charge on any atom is 0.414 e. The first-order chi connectivity index (χ1) is 12.0. The van der Waals surface area contributed by atoms with Gasteiger partial charge in [-0.3, -0.25) is 9.88 Å². The first kappa shape index (κ1) is 17.4. The van der Waals surface area contributed by atoms with Gasteiger partial charge in [0.15, 0.2) is 0 Å². The van der Waals surface area contributed by atoms with Crippen LogP contribution < -0.4 is 16.0 Å². The molecule has 1 aliphatic heterocycles. The number of carbonyl (C=O) groups is 1. The number of rotatable bonds is 5. The number of aromatic nitrogens is 2. The van der Waals surface area contributed by atoms with Gasteiger partial charge in [-0.25, -0.2) is 9.78 Å². The molecule has 0 radical (unpaired) electrons. The number of thiocarbonyl (C=S) groups is 1. The van der Waals surface area contributed by atoms with Crippen LogP contribution in [0.2, 0.25) is 0 Å². The fraction of sp³-hybridized carbons (Fsp3) is 0.250. The summed E-state index contributed by atoms with van der Waals surface area (Å²) < 4.78 is 5.35. The van der Waals surface area contributed by atoms with E-state index in [1.807, 2.05) is 12.1 Å². The summed E-state index contributed by atoms with van der Waals surface area (Å²) in [4.78, 5) is 23.7. The normalized spacial score (nSPS) is 16.6. The highest BCUT2D eigenvalue weighted by Gasteiger charge is 2.32. The number of hydrogen-bond acceptors (Lipinski definition) is 7. The molecule has 130 valence electrons. The molecule has 1 saturated heterocycles. The fourth-order valence-electron chi connectivity index (χ4n) is 2.28. The molecule has 0 aromatic carbocycles. The van der Waals surface area contributed by atoms with E-state index in [0.717, 1.165) is 9.92 Å². The number of pyridine rings is 2. The molecule has 3 N–H and O–H groups in total. The van der Waals surface area contributed by atoms with Gasteiger partial charge in [0.25, 0.3) is 0 Å². The van der Waals surface area contributed by atoms with Crippen LogP contribution in [0.3, 0.4) is 0 Å². The number of carbonyl (C=O) groups excluding carboxylic acids is 1. The van der Waals surface area contributed by atoms with Crippen LogP contribution in [-0.4, -0.2) is 40.2 Å². The Labute approximate surface area is 155 Å². The van der Waals surface area contributed by atoms with Gasteiger partial charge in [-0.05, 0) is 25.1 Å². The van der Waals surface area contributed by atoms with Crippen LogP contribution >= 0.6 is 24.0 Å². The van der Waals surface area contributed by atoms with E-state index in [-0.39, 0.29) is 12.2 Å². The Hall–Kier alpha value is -2.39. The topological polar surface area (TPSA) is 93.4 Å². The van der Waals surface area contributed by atoms with E-state index in [4.69, 9.17) is 22.7 Å². The Morgan fingerprint density at radius 2 is 2.32 bits per heavy atom. The van der Waals surface area contributed by atoms with Crippen molar-refractivity contribution in [3.8, 4) is 0 Å². The van der Waals surface area contributed by atoms with E-state index in [9.17, 15) is 4.79 Å². The average Bonchev–Trinajstić information content (AvgIpc) is 2.96. The van der Waals surface area contributed by atoms with E-state index in [1.165, 1.54) is 11.8 Å². The van der Waals surface area contributed by atoms with Gasteiger partial charge < -0.3 is 15.8 Å². The van der Waals surface area contributed by atoms with E-state index in [2.05, 4.69) is 15.3 Å². The number of nitrogens with zero attached hydrogens (tertiary/aromatic N) is 3. The quantitative estimate of drug-likeness (QED) is 0.770. The predicted octanol–water partition coefficient (Wildman–Crippen LogP) is 2.47. The second kappa shape index (κ2) is 7.66. The lowest BCUT2D eigenvalue weighted by Gasteiger charge is -2.13. The average molecular weight is 375 g/mol. The van der Waals surface area contributed by atoms with Gasteiger partial charge in [-0.2, -0.15) is 0 Å². The minimum Gasteiger partial charge on any atom is -0.442 e. The molecule has 25 heavy (non-hydrogen) atoms. The lowest BCUT2D eigenvalue weighted by atomic mass is 10.3. The number of hydrogen-bond donors (Lipinski definition) is 2. The van der Waals surface area contributed by atoms with Crippen molar-refractivity contribution in [2.75, 3.05) is 23.7 Å². The maximum atomic E-state index is 12.1. The van der Waals surface area contributed by atoms with Crippen LogP contribution in [0, 0.1) is 0 Å². The van der Waals surface area contributed by atoms with Gasteiger partial charge in [0.1, 0.15) is 11.1 Å². The van der Waals surface area contributed by atoms with Crippen molar-refractivity contribution in [1.82, 2.24) is 15.3 Å². The smallest absolute Gasteiger partial charge is 0.414 e. The van der Waals surface area contributed by atoms with Gasteiger partial charge in [0.2, 0.25) is 0 Å². The summed E-state index contributed by atoms with van der Waals surface area (Å²) in [5, 5.41) is 3.82. The summed E-state index contributed by atoms with van der Waals surface area (Å²) in [6, 6.07) is 5.52. The molecule has 3 rings (SSSR count). The Balaban J connectivity index is 1.69. The summed E-state index contributed by atoms with van der Waals surface area (Å²) in [7, 11) is 0. The zero-order valence-electron chi connectivity index (χ0n) is 13.5. The van der Waals surface area contributed by atoms with Gasteiger partial charge >= 0.3 is 6.09 Å². The van der Waals surface area contributed by atoms with Crippen molar-refractivity contribution in [3.05, 3.63) is 36.8 Å². The van der Waals surface area contributed by atoms with Gasteiger partial charge in [-0.1, -0.05) is 24.0 Å². The van der Waals surface area contributed by atoms with E-state index >= 15 is 0 Å².